The third kappa shape index (κ3) is 2.99. The molecule has 0 aromatic heterocycles. The van der Waals surface area contributed by atoms with Crippen LogP contribution in [0.4, 0.5) is 0 Å². The highest BCUT2D eigenvalue weighted by molar-refractivity contribution is 6.31. The topological polar surface area (TPSA) is 41.1 Å². The smallest absolute Gasteiger partial charge is 0.224 e. The lowest BCUT2D eigenvalue weighted by atomic mass is 9.97. The summed E-state index contributed by atoms with van der Waals surface area (Å²) in [4.78, 5) is 11.9. The van der Waals surface area contributed by atoms with Crippen molar-refractivity contribution in [2.45, 2.75) is 13.5 Å². The van der Waals surface area contributed by atoms with Gasteiger partial charge >= 0.3 is 0 Å². The first-order chi connectivity index (χ1) is 8.18. The third-order valence-corrected chi connectivity index (χ3v) is 3.63. The Hall–Kier alpha value is -1.06. The van der Waals surface area contributed by atoms with Gasteiger partial charge in [0.2, 0.25) is 5.91 Å². The van der Waals surface area contributed by atoms with Gasteiger partial charge in [0.1, 0.15) is 0 Å². The number of carbonyl (C=O) groups excluding carboxylic acids is 1. The number of hydrogen-bond acceptors (Lipinski definition) is 2. The molecule has 2 unspecified atom stereocenters. The Morgan fingerprint density at radius 3 is 2.88 bits per heavy atom. The first-order valence-corrected chi connectivity index (χ1v) is 6.28. The third-order valence-electron chi connectivity index (χ3n) is 3.27. The van der Waals surface area contributed by atoms with E-state index in [1.807, 2.05) is 24.3 Å². The Morgan fingerprint density at radius 2 is 2.24 bits per heavy atom. The van der Waals surface area contributed by atoms with E-state index in [9.17, 15) is 4.79 Å². The lowest BCUT2D eigenvalue weighted by Crippen LogP contribution is -2.33. The van der Waals surface area contributed by atoms with E-state index in [-0.39, 0.29) is 11.8 Å². The van der Waals surface area contributed by atoms with Crippen LogP contribution < -0.4 is 10.6 Å². The lowest BCUT2D eigenvalue weighted by molar-refractivity contribution is -0.125. The van der Waals surface area contributed by atoms with Crippen LogP contribution in [0.2, 0.25) is 5.02 Å². The minimum atomic E-state index is 0.0810. The molecule has 1 heterocycles. The molecule has 0 radical (unpaired) electrons. The van der Waals surface area contributed by atoms with Gasteiger partial charge < -0.3 is 10.6 Å². The van der Waals surface area contributed by atoms with Crippen molar-refractivity contribution in [2.24, 2.45) is 11.8 Å². The second kappa shape index (κ2) is 5.52. The number of nitrogens with one attached hydrogen (secondary N) is 2. The van der Waals surface area contributed by atoms with Crippen LogP contribution in [0.3, 0.4) is 0 Å². The summed E-state index contributed by atoms with van der Waals surface area (Å²) in [7, 11) is 0. The summed E-state index contributed by atoms with van der Waals surface area (Å²) in [5.74, 6) is 0.598. The maximum Gasteiger partial charge on any atom is 0.224 e. The maximum absolute atomic E-state index is 11.9. The fourth-order valence-corrected chi connectivity index (χ4v) is 2.32. The summed E-state index contributed by atoms with van der Waals surface area (Å²) in [6.45, 7) is 4.29. The Labute approximate surface area is 107 Å². The maximum atomic E-state index is 11.9. The summed E-state index contributed by atoms with van der Waals surface area (Å²) in [6, 6.07) is 7.57. The molecule has 17 heavy (non-hydrogen) atoms. The Kier molecular flexibility index (Phi) is 4.02. The standard InChI is InChI=1S/C13H17ClN2O/c1-9-6-15-8-11(9)13(17)16-7-10-4-2-3-5-12(10)14/h2-5,9,11,15H,6-8H2,1H3,(H,16,17). The molecule has 2 atom stereocenters. The molecule has 1 aliphatic rings. The molecule has 1 aromatic carbocycles. The zero-order valence-corrected chi connectivity index (χ0v) is 10.6. The van der Waals surface area contributed by atoms with Crippen molar-refractivity contribution in [3.05, 3.63) is 34.9 Å². The molecular weight excluding hydrogens is 236 g/mol. The quantitative estimate of drug-likeness (QED) is 0.862. The fourth-order valence-electron chi connectivity index (χ4n) is 2.12. The zero-order chi connectivity index (χ0) is 12.3. The van der Waals surface area contributed by atoms with Crippen LogP contribution in [0.15, 0.2) is 24.3 Å². The Morgan fingerprint density at radius 1 is 1.47 bits per heavy atom. The molecular formula is C13H17ClN2O. The van der Waals surface area contributed by atoms with E-state index in [0.717, 1.165) is 18.7 Å². The summed E-state index contributed by atoms with van der Waals surface area (Å²) in [6.07, 6.45) is 0. The molecule has 1 aromatic rings. The van der Waals surface area contributed by atoms with Gasteiger partial charge in [-0.3, -0.25) is 4.79 Å². The van der Waals surface area contributed by atoms with E-state index < -0.39 is 0 Å². The van der Waals surface area contributed by atoms with E-state index in [2.05, 4.69) is 17.6 Å². The van der Waals surface area contributed by atoms with Crippen LogP contribution in [-0.4, -0.2) is 19.0 Å². The summed E-state index contributed by atoms with van der Waals surface area (Å²) in [5.41, 5.74) is 0.959. The minimum absolute atomic E-state index is 0.0810. The molecule has 0 spiro atoms. The highest BCUT2D eigenvalue weighted by Crippen LogP contribution is 2.17. The second-order valence-electron chi connectivity index (χ2n) is 4.55. The van der Waals surface area contributed by atoms with Gasteiger partial charge in [-0.25, -0.2) is 0 Å². The van der Waals surface area contributed by atoms with Gasteiger partial charge in [0.25, 0.3) is 0 Å². The highest BCUT2D eigenvalue weighted by atomic mass is 35.5. The van der Waals surface area contributed by atoms with Crippen LogP contribution in [0.1, 0.15) is 12.5 Å². The van der Waals surface area contributed by atoms with Crippen molar-refractivity contribution in [3.8, 4) is 0 Å². The number of carbonyl (C=O) groups is 1. The average molecular weight is 253 g/mol. The molecule has 1 saturated heterocycles. The van der Waals surface area contributed by atoms with Crippen LogP contribution in [0, 0.1) is 11.8 Å². The number of hydrogen-bond donors (Lipinski definition) is 2. The number of halogens is 1. The number of amides is 1. The molecule has 1 amide bonds. The number of rotatable bonds is 3. The van der Waals surface area contributed by atoms with Gasteiger partial charge in [-0.1, -0.05) is 36.7 Å². The average Bonchev–Trinajstić information content (AvgIpc) is 2.74. The highest BCUT2D eigenvalue weighted by Gasteiger charge is 2.29. The van der Waals surface area contributed by atoms with Crippen LogP contribution in [0.25, 0.3) is 0 Å². The SMILES string of the molecule is CC1CNCC1C(=O)NCc1ccccc1Cl. The van der Waals surface area contributed by atoms with Gasteiger partial charge in [0, 0.05) is 18.1 Å². The molecule has 0 aliphatic carbocycles. The van der Waals surface area contributed by atoms with E-state index in [1.165, 1.54) is 0 Å². The molecule has 92 valence electrons. The largest absolute Gasteiger partial charge is 0.352 e. The van der Waals surface area contributed by atoms with Crippen molar-refractivity contribution in [1.29, 1.82) is 0 Å². The predicted octanol–water partition coefficient (Wildman–Crippen LogP) is 1.81. The molecule has 2 rings (SSSR count). The van der Waals surface area contributed by atoms with Crippen molar-refractivity contribution < 1.29 is 4.79 Å². The van der Waals surface area contributed by atoms with E-state index in [1.54, 1.807) is 0 Å². The minimum Gasteiger partial charge on any atom is -0.352 e. The molecule has 0 saturated carbocycles. The fraction of sp³-hybridized carbons (Fsp3) is 0.462. The van der Waals surface area contributed by atoms with Crippen LogP contribution in [-0.2, 0) is 11.3 Å². The number of benzene rings is 1. The molecule has 4 heteroatoms. The first kappa shape index (κ1) is 12.4. The van der Waals surface area contributed by atoms with Gasteiger partial charge in [-0.2, -0.15) is 0 Å². The molecule has 2 N–H and O–H groups in total. The van der Waals surface area contributed by atoms with Gasteiger partial charge in [-0.15, -0.1) is 0 Å². The summed E-state index contributed by atoms with van der Waals surface area (Å²) < 4.78 is 0. The van der Waals surface area contributed by atoms with Gasteiger partial charge in [-0.05, 0) is 24.1 Å². The summed E-state index contributed by atoms with van der Waals surface area (Å²) in [5, 5.41) is 6.87. The van der Waals surface area contributed by atoms with Crippen molar-refractivity contribution >= 4 is 17.5 Å². The van der Waals surface area contributed by atoms with Crippen molar-refractivity contribution in [3.63, 3.8) is 0 Å². The monoisotopic (exact) mass is 252 g/mol. The van der Waals surface area contributed by atoms with Crippen molar-refractivity contribution in [1.82, 2.24) is 10.6 Å². The van der Waals surface area contributed by atoms with Gasteiger partial charge in [0.15, 0.2) is 0 Å². The molecule has 1 aliphatic heterocycles. The van der Waals surface area contributed by atoms with E-state index in [0.29, 0.717) is 17.5 Å². The lowest BCUT2D eigenvalue weighted by Gasteiger charge is -2.14. The van der Waals surface area contributed by atoms with E-state index in [4.69, 9.17) is 11.6 Å². The van der Waals surface area contributed by atoms with Gasteiger partial charge in [0.05, 0.1) is 5.92 Å². The van der Waals surface area contributed by atoms with E-state index >= 15 is 0 Å². The first-order valence-electron chi connectivity index (χ1n) is 5.90. The zero-order valence-electron chi connectivity index (χ0n) is 9.87. The molecule has 0 bridgehead atoms. The normalized spacial score (nSPS) is 23.6. The van der Waals surface area contributed by atoms with Crippen LogP contribution >= 0.6 is 11.6 Å². The van der Waals surface area contributed by atoms with Crippen LogP contribution in [0.5, 0.6) is 0 Å². The second-order valence-corrected chi connectivity index (χ2v) is 4.96. The predicted molar refractivity (Wildman–Crippen MR) is 68.8 cm³/mol. The summed E-state index contributed by atoms with van der Waals surface area (Å²) >= 11 is 6.03. The van der Waals surface area contributed by atoms with Crippen molar-refractivity contribution in [2.75, 3.05) is 13.1 Å². The Bertz CT molecular complexity index is 408. The molecule has 1 fully saturated rings. The Balaban J connectivity index is 1.90. The molecule has 3 nitrogen and oxygen atoms in total.